The molecule has 1 aromatic heterocycles. The van der Waals surface area contributed by atoms with Crippen LogP contribution in [0.25, 0.3) is 22.2 Å². The van der Waals surface area contributed by atoms with E-state index in [2.05, 4.69) is 47.4 Å². The van der Waals surface area contributed by atoms with Gasteiger partial charge in [-0.15, -0.1) is 0 Å². The van der Waals surface area contributed by atoms with E-state index in [1.807, 2.05) is 31.8 Å². The lowest BCUT2D eigenvalue weighted by Crippen LogP contribution is -2.52. The molecule has 2 aromatic carbocycles. The van der Waals surface area contributed by atoms with Crippen molar-refractivity contribution in [1.29, 1.82) is 0 Å². The first-order valence-electron chi connectivity index (χ1n) is 11.3. The minimum absolute atomic E-state index is 0.0909. The quantitative estimate of drug-likeness (QED) is 0.559. The summed E-state index contributed by atoms with van der Waals surface area (Å²) in [5.74, 6) is 0. The standard InChI is InChI=1S/C26H33N3O3/c1-6-26(16-25(3,4)31)13-14-29(24(30)32-26)18(2)19-7-9-20(10-8-19)21-11-12-23-22(15-21)27-17-28(23)5/h7-12,15,17-18,31H,6,13-14,16H2,1-5H3. The monoisotopic (exact) mass is 435 g/mol. The molecular formula is C26H33N3O3. The molecule has 0 saturated carbocycles. The fourth-order valence-corrected chi connectivity index (χ4v) is 4.80. The molecule has 1 N–H and O–H groups in total. The Morgan fingerprint density at radius 1 is 1.19 bits per heavy atom. The van der Waals surface area contributed by atoms with E-state index < -0.39 is 11.2 Å². The van der Waals surface area contributed by atoms with Crippen molar-refractivity contribution in [3.05, 3.63) is 54.4 Å². The Morgan fingerprint density at radius 2 is 1.88 bits per heavy atom. The molecule has 1 saturated heterocycles. The third-order valence-corrected chi connectivity index (χ3v) is 6.67. The van der Waals surface area contributed by atoms with E-state index in [9.17, 15) is 9.90 Å². The molecule has 0 aliphatic carbocycles. The average Bonchev–Trinajstić information content (AvgIpc) is 3.12. The van der Waals surface area contributed by atoms with E-state index in [1.165, 1.54) is 0 Å². The van der Waals surface area contributed by atoms with Crippen LogP contribution in [0.2, 0.25) is 0 Å². The molecule has 2 heterocycles. The van der Waals surface area contributed by atoms with E-state index in [0.29, 0.717) is 25.8 Å². The van der Waals surface area contributed by atoms with Crippen molar-refractivity contribution in [2.75, 3.05) is 6.54 Å². The first-order chi connectivity index (χ1) is 15.1. The van der Waals surface area contributed by atoms with Crippen LogP contribution in [-0.4, -0.2) is 43.4 Å². The van der Waals surface area contributed by atoms with E-state index in [0.717, 1.165) is 27.7 Å². The largest absolute Gasteiger partial charge is 0.443 e. The summed E-state index contributed by atoms with van der Waals surface area (Å²) < 4.78 is 7.92. The first kappa shape index (κ1) is 22.3. The predicted molar refractivity (Wildman–Crippen MR) is 126 cm³/mol. The van der Waals surface area contributed by atoms with Gasteiger partial charge in [0.25, 0.3) is 0 Å². The minimum atomic E-state index is -0.877. The van der Waals surface area contributed by atoms with Crippen LogP contribution < -0.4 is 0 Å². The minimum Gasteiger partial charge on any atom is -0.443 e. The second-order valence-corrected chi connectivity index (χ2v) is 9.69. The molecule has 0 radical (unpaired) electrons. The van der Waals surface area contributed by atoms with Gasteiger partial charge in [-0.05, 0) is 56.0 Å². The van der Waals surface area contributed by atoms with Crippen molar-refractivity contribution >= 4 is 17.1 Å². The van der Waals surface area contributed by atoms with E-state index in [-0.39, 0.29) is 12.1 Å². The average molecular weight is 436 g/mol. The number of imidazole rings is 1. The van der Waals surface area contributed by atoms with E-state index in [4.69, 9.17) is 4.74 Å². The summed E-state index contributed by atoms with van der Waals surface area (Å²) >= 11 is 0. The Labute approximate surface area is 189 Å². The number of rotatable bonds is 6. The summed E-state index contributed by atoms with van der Waals surface area (Å²) in [5, 5.41) is 10.3. The molecule has 4 rings (SSSR count). The first-order valence-corrected chi connectivity index (χ1v) is 11.3. The zero-order valence-electron chi connectivity index (χ0n) is 19.6. The second kappa shape index (κ2) is 8.24. The van der Waals surface area contributed by atoms with Crippen LogP contribution in [0.3, 0.4) is 0 Å². The molecular weight excluding hydrogens is 402 g/mol. The fraction of sp³-hybridized carbons (Fsp3) is 0.462. The van der Waals surface area contributed by atoms with Gasteiger partial charge in [0.05, 0.1) is 29.0 Å². The van der Waals surface area contributed by atoms with Gasteiger partial charge in [0.2, 0.25) is 0 Å². The molecule has 1 amide bonds. The van der Waals surface area contributed by atoms with Crippen LogP contribution in [0.1, 0.15) is 58.6 Å². The SMILES string of the molecule is CCC1(CC(C)(C)O)CCN(C(C)c2ccc(-c3ccc4c(c3)ncn4C)cc2)C(=O)O1. The summed E-state index contributed by atoms with van der Waals surface area (Å²) in [4.78, 5) is 19.1. The highest BCUT2D eigenvalue weighted by Gasteiger charge is 2.43. The molecule has 3 aromatic rings. The predicted octanol–water partition coefficient (Wildman–Crippen LogP) is 5.45. The molecule has 32 heavy (non-hydrogen) atoms. The van der Waals surface area contributed by atoms with E-state index in [1.54, 1.807) is 18.7 Å². The van der Waals surface area contributed by atoms with Gasteiger partial charge in [0.1, 0.15) is 5.60 Å². The van der Waals surface area contributed by atoms with Crippen molar-refractivity contribution in [2.45, 2.75) is 64.2 Å². The highest BCUT2D eigenvalue weighted by Crippen LogP contribution is 2.37. The molecule has 0 bridgehead atoms. The maximum Gasteiger partial charge on any atom is 0.410 e. The zero-order valence-corrected chi connectivity index (χ0v) is 19.6. The lowest BCUT2D eigenvalue weighted by molar-refractivity contribution is -0.0977. The number of carbonyl (C=O) groups is 1. The number of aryl methyl sites for hydroxylation is 1. The highest BCUT2D eigenvalue weighted by molar-refractivity contribution is 5.82. The van der Waals surface area contributed by atoms with Crippen molar-refractivity contribution in [3.63, 3.8) is 0 Å². The van der Waals surface area contributed by atoms with Gasteiger partial charge in [-0.2, -0.15) is 0 Å². The van der Waals surface area contributed by atoms with Crippen molar-refractivity contribution in [2.24, 2.45) is 7.05 Å². The summed E-state index contributed by atoms with van der Waals surface area (Å²) in [6.07, 6.45) is 3.37. The van der Waals surface area contributed by atoms with Crippen molar-refractivity contribution in [1.82, 2.24) is 14.5 Å². The van der Waals surface area contributed by atoms with Crippen LogP contribution in [0.4, 0.5) is 4.79 Å². The van der Waals surface area contributed by atoms with Gasteiger partial charge in [0, 0.05) is 26.4 Å². The third kappa shape index (κ3) is 4.37. The molecule has 1 aliphatic rings. The topological polar surface area (TPSA) is 67.6 Å². The summed E-state index contributed by atoms with van der Waals surface area (Å²) in [6, 6.07) is 14.5. The molecule has 0 spiro atoms. The van der Waals surface area contributed by atoms with Gasteiger partial charge in [0.15, 0.2) is 0 Å². The molecule has 2 atom stereocenters. The van der Waals surface area contributed by atoms with Crippen molar-refractivity contribution in [3.8, 4) is 11.1 Å². The molecule has 170 valence electrons. The Bertz CT molecular complexity index is 1110. The number of hydrogen-bond donors (Lipinski definition) is 1. The molecule has 1 aliphatic heterocycles. The fourth-order valence-electron chi connectivity index (χ4n) is 4.80. The van der Waals surface area contributed by atoms with Gasteiger partial charge < -0.3 is 19.3 Å². The van der Waals surface area contributed by atoms with Crippen LogP contribution in [-0.2, 0) is 11.8 Å². The molecule has 6 nitrogen and oxygen atoms in total. The second-order valence-electron chi connectivity index (χ2n) is 9.69. The normalized spacial score (nSPS) is 20.4. The van der Waals surface area contributed by atoms with Crippen LogP contribution in [0.5, 0.6) is 0 Å². The number of nitrogens with zero attached hydrogens (tertiary/aromatic N) is 3. The maximum absolute atomic E-state index is 12.9. The number of carbonyl (C=O) groups excluding carboxylic acids is 1. The number of amides is 1. The number of benzene rings is 2. The third-order valence-electron chi connectivity index (χ3n) is 6.67. The molecule has 6 heteroatoms. The number of cyclic esters (lactones) is 1. The van der Waals surface area contributed by atoms with Gasteiger partial charge in [-0.1, -0.05) is 37.3 Å². The summed E-state index contributed by atoms with van der Waals surface area (Å²) in [7, 11) is 1.99. The smallest absolute Gasteiger partial charge is 0.410 e. The van der Waals surface area contributed by atoms with Crippen LogP contribution >= 0.6 is 0 Å². The Hall–Kier alpha value is -2.86. The van der Waals surface area contributed by atoms with Gasteiger partial charge in [-0.25, -0.2) is 9.78 Å². The number of hydrogen-bond acceptors (Lipinski definition) is 4. The van der Waals surface area contributed by atoms with Gasteiger partial charge in [-0.3, -0.25) is 0 Å². The highest BCUT2D eigenvalue weighted by atomic mass is 16.6. The number of aromatic nitrogens is 2. The number of fused-ring (bicyclic) bond motifs is 1. The van der Waals surface area contributed by atoms with Crippen LogP contribution in [0, 0.1) is 0 Å². The lowest BCUT2D eigenvalue weighted by atomic mass is 9.83. The summed E-state index contributed by atoms with van der Waals surface area (Å²) in [5.41, 5.74) is 3.91. The number of ether oxygens (including phenoxy) is 1. The Balaban J connectivity index is 1.49. The van der Waals surface area contributed by atoms with Crippen LogP contribution in [0.15, 0.2) is 48.8 Å². The maximum atomic E-state index is 12.9. The van der Waals surface area contributed by atoms with E-state index >= 15 is 0 Å². The Morgan fingerprint density at radius 3 is 2.50 bits per heavy atom. The molecule has 2 unspecified atom stereocenters. The summed E-state index contributed by atoms with van der Waals surface area (Å²) in [6.45, 7) is 8.19. The van der Waals surface area contributed by atoms with Crippen molar-refractivity contribution < 1.29 is 14.6 Å². The molecule has 1 fully saturated rings. The zero-order chi connectivity index (χ0) is 23.1. The number of aliphatic hydroxyl groups is 1. The Kier molecular flexibility index (Phi) is 5.76. The van der Waals surface area contributed by atoms with Gasteiger partial charge >= 0.3 is 6.09 Å². The lowest BCUT2D eigenvalue weighted by Gasteiger charge is -2.44.